The van der Waals surface area contributed by atoms with E-state index in [4.69, 9.17) is 0 Å². The maximum absolute atomic E-state index is 12.8. The predicted molar refractivity (Wildman–Crippen MR) is 107 cm³/mol. The van der Waals surface area contributed by atoms with Crippen molar-refractivity contribution in [3.05, 3.63) is 59.4 Å². The van der Waals surface area contributed by atoms with Crippen molar-refractivity contribution >= 4 is 33.6 Å². The second kappa shape index (κ2) is 8.09. The molecule has 1 aliphatic carbocycles. The fraction of sp³-hybridized carbons (Fsp3) is 0.263. The molecule has 1 saturated carbocycles. The molecule has 1 aromatic carbocycles. The molecule has 164 valence electrons. The van der Waals surface area contributed by atoms with Crippen molar-refractivity contribution in [2.24, 2.45) is 5.92 Å². The van der Waals surface area contributed by atoms with Crippen molar-refractivity contribution in [3.8, 4) is 10.6 Å². The first-order chi connectivity index (χ1) is 14.7. The summed E-state index contributed by atoms with van der Waals surface area (Å²) in [6, 6.07) is 9.31. The highest BCUT2D eigenvalue weighted by molar-refractivity contribution is 7.81. The summed E-state index contributed by atoms with van der Waals surface area (Å²) in [5.74, 6) is -2.43. The molecule has 2 aromatic heterocycles. The van der Waals surface area contributed by atoms with E-state index in [1.54, 1.807) is 18.2 Å². The first-order valence-corrected chi connectivity index (χ1v) is 10.9. The van der Waals surface area contributed by atoms with Gasteiger partial charge in [-0.1, -0.05) is 23.4 Å². The van der Waals surface area contributed by atoms with E-state index in [2.05, 4.69) is 9.68 Å². The van der Waals surface area contributed by atoms with Gasteiger partial charge in [-0.25, -0.2) is 9.00 Å². The molecular weight excluding hydrogens is 457 g/mol. The molecule has 2 heterocycles. The van der Waals surface area contributed by atoms with Gasteiger partial charge in [-0.2, -0.15) is 13.2 Å². The lowest BCUT2D eigenvalue weighted by Crippen LogP contribution is -2.32. The zero-order valence-electron chi connectivity index (χ0n) is 15.6. The Morgan fingerprint density at radius 3 is 2.55 bits per heavy atom. The summed E-state index contributed by atoms with van der Waals surface area (Å²) in [6.45, 7) is 0. The van der Waals surface area contributed by atoms with Crippen LogP contribution < -0.4 is 4.31 Å². The second-order valence-electron chi connectivity index (χ2n) is 6.94. The maximum Gasteiger partial charge on any atom is 0.452 e. The molecule has 2 N–H and O–H groups in total. The van der Waals surface area contributed by atoms with Crippen molar-refractivity contribution in [2.75, 3.05) is 4.31 Å². The van der Waals surface area contributed by atoms with Crippen LogP contribution in [0.4, 0.5) is 18.2 Å². The number of rotatable bonds is 7. The minimum absolute atomic E-state index is 0.0259. The minimum atomic E-state index is -4.68. The number of anilines is 1. The van der Waals surface area contributed by atoms with E-state index in [1.807, 2.05) is 0 Å². The Kier molecular flexibility index (Phi) is 5.62. The van der Waals surface area contributed by atoms with Crippen molar-refractivity contribution in [3.63, 3.8) is 0 Å². The van der Waals surface area contributed by atoms with Gasteiger partial charge in [0, 0.05) is 6.07 Å². The second-order valence-corrected chi connectivity index (χ2v) is 8.86. The molecule has 0 aliphatic heterocycles. The number of alkyl halides is 3. The van der Waals surface area contributed by atoms with Crippen LogP contribution in [-0.4, -0.2) is 25.0 Å². The molecule has 1 fully saturated rings. The fourth-order valence-corrected chi connectivity index (χ4v) is 5.25. The number of aromatic nitrogens is 1. The van der Waals surface area contributed by atoms with Gasteiger partial charge in [0.2, 0.25) is 5.76 Å². The standard InChI is InChI=1S/C19H15F3N2O5S2/c20-19(21,22)15-9-13(23-29-15)14-7-8-16(30-14)24(31(27)28)17(10-5-6-10)11-3-1-2-4-12(11)18(25)26/h1-4,7-10,17H,5-6H2,(H,25,26)(H,27,28). The third-order valence-corrected chi connectivity index (χ3v) is 6.83. The topological polar surface area (TPSA) is 104 Å². The summed E-state index contributed by atoms with van der Waals surface area (Å²) in [6.07, 6.45) is -3.17. The molecule has 0 bridgehead atoms. The number of carbonyl (C=O) groups is 1. The van der Waals surface area contributed by atoms with E-state index < -0.39 is 35.2 Å². The largest absolute Gasteiger partial charge is 0.478 e. The number of thiophene rings is 1. The molecule has 2 atom stereocenters. The van der Waals surface area contributed by atoms with Gasteiger partial charge in [-0.3, -0.25) is 8.86 Å². The van der Waals surface area contributed by atoms with Gasteiger partial charge < -0.3 is 9.63 Å². The Morgan fingerprint density at radius 1 is 1.26 bits per heavy atom. The maximum atomic E-state index is 12.8. The molecule has 0 saturated heterocycles. The van der Waals surface area contributed by atoms with Gasteiger partial charge in [0.05, 0.1) is 16.5 Å². The highest BCUT2D eigenvalue weighted by Crippen LogP contribution is 2.49. The monoisotopic (exact) mass is 472 g/mol. The molecule has 1 aliphatic rings. The predicted octanol–water partition coefficient (Wildman–Crippen LogP) is 5.21. The van der Waals surface area contributed by atoms with Crippen LogP contribution in [0.25, 0.3) is 10.6 Å². The SMILES string of the molecule is O=C(O)c1ccccc1C(C1CC1)N(c1ccc(-c2cc(C(F)(F)F)on2)s1)S(=O)O. The fourth-order valence-electron chi connectivity index (χ4n) is 3.35. The molecule has 0 spiro atoms. The summed E-state index contributed by atoms with van der Waals surface area (Å²) in [4.78, 5) is 12.0. The van der Waals surface area contributed by atoms with Gasteiger partial charge >= 0.3 is 12.1 Å². The van der Waals surface area contributed by atoms with Crippen LogP contribution in [-0.2, 0) is 17.4 Å². The van der Waals surface area contributed by atoms with Gasteiger partial charge in [-0.15, -0.1) is 11.3 Å². The number of hydrogen-bond donors (Lipinski definition) is 2. The third-order valence-electron chi connectivity index (χ3n) is 4.85. The number of benzene rings is 1. The zero-order chi connectivity index (χ0) is 22.3. The molecule has 4 rings (SSSR count). The van der Waals surface area contributed by atoms with E-state index in [9.17, 15) is 31.8 Å². The highest BCUT2D eigenvalue weighted by atomic mass is 32.2. The number of nitrogens with zero attached hydrogens (tertiary/aromatic N) is 2. The molecule has 12 heteroatoms. The van der Waals surface area contributed by atoms with Crippen LogP contribution in [0.15, 0.2) is 47.0 Å². The minimum Gasteiger partial charge on any atom is -0.478 e. The lowest BCUT2D eigenvalue weighted by Gasteiger charge is -2.30. The summed E-state index contributed by atoms with van der Waals surface area (Å²) in [5.41, 5.74) is 0.370. The number of aromatic carboxylic acids is 1. The van der Waals surface area contributed by atoms with Crippen LogP contribution in [0.1, 0.15) is 40.6 Å². The first kappa shape index (κ1) is 21.5. The number of halogens is 3. The van der Waals surface area contributed by atoms with Crippen molar-refractivity contribution in [1.29, 1.82) is 0 Å². The first-order valence-electron chi connectivity index (χ1n) is 9.03. The molecular formula is C19H15F3N2O5S2. The summed E-state index contributed by atoms with van der Waals surface area (Å²) in [5, 5.41) is 13.3. The van der Waals surface area contributed by atoms with Gasteiger partial charge in [-0.05, 0) is 42.5 Å². The average Bonchev–Trinajstić information content (AvgIpc) is 3.20. The van der Waals surface area contributed by atoms with E-state index >= 15 is 0 Å². The Balaban J connectivity index is 1.73. The van der Waals surface area contributed by atoms with Crippen LogP contribution in [0.2, 0.25) is 0 Å². The molecule has 31 heavy (non-hydrogen) atoms. The van der Waals surface area contributed by atoms with Crippen LogP contribution in [0.5, 0.6) is 0 Å². The van der Waals surface area contributed by atoms with Crippen LogP contribution in [0, 0.1) is 5.92 Å². The van der Waals surface area contributed by atoms with Crippen molar-refractivity contribution < 1.29 is 36.4 Å². The summed E-state index contributed by atoms with van der Waals surface area (Å²) in [7, 11) is 0. The average molecular weight is 472 g/mol. The highest BCUT2D eigenvalue weighted by Gasteiger charge is 2.41. The lowest BCUT2D eigenvalue weighted by atomic mass is 9.97. The zero-order valence-corrected chi connectivity index (χ0v) is 17.2. The van der Waals surface area contributed by atoms with E-state index in [0.29, 0.717) is 15.4 Å². The molecule has 0 radical (unpaired) electrons. The van der Waals surface area contributed by atoms with Crippen LogP contribution >= 0.6 is 11.3 Å². The summed E-state index contributed by atoms with van der Waals surface area (Å²) < 4.78 is 66.3. The molecule has 2 unspecified atom stereocenters. The number of carboxylic acid groups (broad SMARTS) is 1. The number of carboxylic acids is 1. The van der Waals surface area contributed by atoms with Crippen LogP contribution in [0.3, 0.4) is 0 Å². The Hall–Kier alpha value is -2.70. The Bertz CT molecular complexity index is 1140. The van der Waals surface area contributed by atoms with E-state index in [0.717, 1.165) is 30.2 Å². The molecule has 0 amide bonds. The van der Waals surface area contributed by atoms with Gasteiger partial charge in [0.1, 0.15) is 10.7 Å². The van der Waals surface area contributed by atoms with E-state index in [-0.39, 0.29) is 17.2 Å². The smallest absolute Gasteiger partial charge is 0.452 e. The van der Waals surface area contributed by atoms with Gasteiger partial charge in [0.15, 0.2) is 0 Å². The third kappa shape index (κ3) is 4.36. The quantitative estimate of drug-likeness (QED) is 0.457. The molecule has 3 aromatic rings. The van der Waals surface area contributed by atoms with E-state index in [1.165, 1.54) is 22.5 Å². The lowest BCUT2D eigenvalue weighted by molar-refractivity contribution is -0.155. The Labute approximate surface area is 180 Å². The summed E-state index contributed by atoms with van der Waals surface area (Å²) >= 11 is -1.55. The van der Waals surface area contributed by atoms with Crippen molar-refractivity contribution in [1.82, 2.24) is 5.16 Å². The van der Waals surface area contributed by atoms with Gasteiger partial charge in [0.25, 0.3) is 11.3 Å². The normalized spacial score (nSPS) is 16.1. The number of hydrogen-bond acceptors (Lipinski definition) is 5. The molecule has 7 nitrogen and oxygen atoms in total. The Morgan fingerprint density at radius 2 is 1.97 bits per heavy atom. The van der Waals surface area contributed by atoms with Crippen molar-refractivity contribution in [2.45, 2.75) is 25.1 Å².